The third-order valence-corrected chi connectivity index (χ3v) is 3.68. The van der Waals surface area contributed by atoms with E-state index in [1.165, 1.54) is 0 Å². The second kappa shape index (κ2) is 6.84. The first kappa shape index (κ1) is 16.2. The predicted octanol–water partition coefficient (Wildman–Crippen LogP) is 4.51. The SMILES string of the molecule is CCOC(=O)c1c(-c2ccccc2)nn(-c2ccc(Cl)cc2)c1F. The highest BCUT2D eigenvalue weighted by Gasteiger charge is 2.26. The first-order chi connectivity index (χ1) is 11.6. The molecule has 0 aliphatic carbocycles. The molecule has 0 unspecified atom stereocenters. The van der Waals surface area contributed by atoms with Gasteiger partial charge in [-0.25, -0.2) is 9.48 Å². The molecule has 6 heteroatoms. The molecule has 0 atom stereocenters. The number of nitrogens with zero attached hydrogens (tertiary/aromatic N) is 2. The van der Waals surface area contributed by atoms with E-state index in [9.17, 15) is 9.18 Å². The van der Waals surface area contributed by atoms with Gasteiger partial charge < -0.3 is 4.74 Å². The molecule has 0 bridgehead atoms. The lowest BCUT2D eigenvalue weighted by Crippen LogP contribution is -2.08. The maximum Gasteiger partial charge on any atom is 0.345 e. The third kappa shape index (κ3) is 3.03. The minimum atomic E-state index is -0.769. The number of hydrogen-bond acceptors (Lipinski definition) is 3. The molecule has 0 saturated carbocycles. The summed E-state index contributed by atoms with van der Waals surface area (Å²) >= 11 is 5.87. The summed E-state index contributed by atoms with van der Waals surface area (Å²) in [5.74, 6) is -1.51. The molecular formula is C18H14ClFN2O2. The second-order valence-electron chi connectivity index (χ2n) is 4.99. The van der Waals surface area contributed by atoms with E-state index < -0.39 is 11.9 Å². The molecule has 2 aromatic carbocycles. The molecule has 3 rings (SSSR count). The van der Waals surface area contributed by atoms with Crippen LogP contribution in [-0.4, -0.2) is 22.4 Å². The molecule has 3 aromatic rings. The lowest BCUT2D eigenvalue weighted by Gasteiger charge is -2.03. The van der Waals surface area contributed by atoms with E-state index in [4.69, 9.17) is 16.3 Å². The highest BCUT2D eigenvalue weighted by atomic mass is 35.5. The molecule has 4 nitrogen and oxygen atoms in total. The van der Waals surface area contributed by atoms with E-state index in [-0.39, 0.29) is 17.9 Å². The number of esters is 1. The first-order valence-electron chi connectivity index (χ1n) is 7.38. The number of carbonyl (C=O) groups is 1. The lowest BCUT2D eigenvalue weighted by molar-refractivity contribution is 0.0521. The Labute approximate surface area is 143 Å². The van der Waals surface area contributed by atoms with E-state index in [2.05, 4.69) is 5.10 Å². The van der Waals surface area contributed by atoms with Crippen LogP contribution in [0.25, 0.3) is 16.9 Å². The molecule has 0 aliphatic rings. The molecular weight excluding hydrogens is 331 g/mol. The molecule has 0 amide bonds. The van der Waals surface area contributed by atoms with Crippen LogP contribution < -0.4 is 0 Å². The van der Waals surface area contributed by atoms with Gasteiger partial charge in [0.05, 0.1) is 12.3 Å². The summed E-state index contributed by atoms with van der Waals surface area (Å²) in [4.78, 5) is 12.2. The molecule has 0 aliphatic heterocycles. The van der Waals surface area contributed by atoms with Gasteiger partial charge in [0.15, 0.2) is 0 Å². The van der Waals surface area contributed by atoms with Gasteiger partial charge in [-0.1, -0.05) is 41.9 Å². The third-order valence-electron chi connectivity index (χ3n) is 3.43. The zero-order chi connectivity index (χ0) is 17.1. The van der Waals surface area contributed by atoms with Gasteiger partial charge >= 0.3 is 5.97 Å². The van der Waals surface area contributed by atoms with Crippen LogP contribution in [0.1, 0.15) is 17.3 Å². The smallest absolute Gasteiger partial charge is 0.345 e. The summed E-state index contributed by atoms with van der Waals surface area (Å²) in [6, 6.07) is 15.5. The van der Waals surface area contributed by atoms with Crippen LogP contribution in [0.3, 0.4) is 0 Å². The average Bonchev–Trinajstić information content (AvgIpc) is 2.94. The summed E-state index contributed by atoms with van der Waals surface area (Å²) in [5, 5.41) is 4.81. The van der Waals surface area contributed by atoms with Crippen LogP contribution in [0.15, 0.2) is 54.6 Å². The Morgan fingerprint density at radius 1 is 1.17 bits per heavy atom. The average molecular weight is 345 g/mol. The summed E-state index contributed by atoms with van der Waals surface area (Å²) in [6.45, 7) is 1.82. The van der Waals surface area contributed by atoms with Crippen LogP contribution in [0.4, 0.5) is 4.39 Å². The fraction of sp³-hybridized carbons (Fsp3) is 0.111. The van der Waals surface area contributed by atoms with Crippen molar-refractivity contribution >= 4 is 17.6 Å². The van der Waals surface area contributed by atoms with E-state index in [1.54, 1.807) is 55.5 Å². The van der Waals surface area contributed by atoms with Crippen molar-refractivity contribution in [3.63, 3.8) is 0 Å². The summed E-state index contributed by atoms with van der Waals surface area (Å²) in [6.07, 6.45) is 0. The molecule has 1 aromatic heterocycles. The van der Waals surface area contributed by atoms with Gasteiger partial charge in [0.25, 0.3) is 0 Å². The molecule has 1 heterocycles. The zero-order valence-corrected chi connectivity index (χ0v) is 13.6. The van der Waals surface area contributed by atoms with Gasteiger partial charge in [-0.2, -0.15) is 9.49 Å². The summed E-state index contributed by atoms with van der Waals surface area (Å²) in [5.41, 5.74) is 1.15. The van der Waals surface area contributed by atoms with Crippen LogP contribution in [0, 0.1) is 5.95 Å². The van der Waals surface area contributed by atoms with Crippen molar-refractivity contribution in [1.82, 2.24) is 9.78 Å². The number of hydrogen-bond donors (Lipinski definition) is 0. The lowest BCUT2D eigenvalue weighted by atomic mass is 10.1. The fourth-order valence-electron chi connectivity index (χ4n) is 2.33. The molecule has 0 spiro atoms. The Balaban J connectivity index is 2.19. The summed E-state index contributed by atoms with van der Waals surface area (Å²) < 4.78 is 21.0. The Bertz CT molecular complexity index is 861. The summed E-state index contributed by atoms with van der Waals surface area (Å²) in [7, 11) is 0. The maximum atomic E-state index is 14.9. The maximum absolute atomic E-state index is 14.9. The number of rotatable bonds is 4. The number of halogens is 2. The van der Waals surface area contributed by atoms with Crippen LogP contribution >= 0.6 is 11.6 Å². The van der Waals surface area contributed by atoms with Gasteiger partial charge in [-0.3, -0.25) is 0 Å². The van der Waals surface area contributed by atoms with Crippen molar-refractivity contribution in [3.05, 3.63) is 71.1 Å². The molecule has 0 fully saturated rings. The Morgan fingerprint density at radius 2 is 1.83 bits per heavy atom. The van der Waals surface area contributed by atoms with Crippen LogP contribution in [0.2, 0.25) is 5.02 Å². The molecule has 122 valence electrons. The van der Waals surface area contributed by atoms with Crippen molar-refractivity contribution in [2.45, 2.75) is 6.92 Å². The van der Waals surface area contributed by atoms with E-state index in [0.717, 1.165) is 4.68 Å². The Hall–Kier alpha value is -2.66. The van der Waals surface area contributed by atoms with Crippen LogP contribution in [-0.2, 0) is 4.74 Å². The number of aromatic nitrogens is 2. The zero-order valence-electron chi connectivity index (χ0n) is 12.9. The van der Waals surface area contributed by atoms with E-state index in [0.29, 0.717) is 16.3 Å². The van der Waals surface area contributed by atoms with Gasteiger partial charge in [-0.15, -0.1) is 0 Å². The van der Waals surface area contributed by atoms with E-state index >= 15 is 0 Å². The predicted molar refractivity (Wildman–Crippen MR) is 89.9 cm³/mol. The van der Waals surface area contributed by atoms with Crippen molar-refractivity contribution in [3.8, 4) is 16.9 Å². The minimum absolute atomic E-state index is 0.151. The Kier molecular flexibility index (Phi) is 4.62. The molecule has 24 heavy (non-hydrogen) atoms. The van der Waals surface area contributed by atoms with Crippen molar-refractivity contribution in [2.24, 2.45) is 0 Å². The van der Waals surface area contributed by atoms with Gasteiger partial charge in [-0.05, 0) is 31.2 Å². The minimum Gasteiger partial charge on any atom is -0.462 e. The highest BCUT2D eigenvalue weighted by Crippen LogP contribution is 2.27. The van der Waals surface area contributed by atoms with Gasteiger partial charge in [0, 0.05) is 10.6 Å². The number of carbonyl (C=O) groups excluding carboxylic acids is 1. The Morgan fingerprint density at radius 3 is 2.46 bits per heavy atom. The first-order valence-corrected chi connectivity index (χ1v) is 7.76. The quantitative estimate of drug-likeness (QED) is 0.654. The highest BCUT2D eigenvalue weighted by molar-refractivity contribution is 6.30. The van der Waals surface area contributed by atoms with Crippen molar-refractivity contribution in [1.29, 1.82) is 0 Å². The standard InChI is InChI=1S/C18H14ClFN2O2/c1-2-24-18(23)15-16(12-6-4-3-5-7-12)21-22(17(15)20)14-10-8-13(19)9-11-14/h3-11H,2H2,1H3. The number of benzene rings is 2. The monoisotopic (exact) mass is 344 g/mol. The van der Waals surface area contributed by atoms with Crippen molar-refractivity contribution < 1.29 is 13.9 Å². The molecule has 0 saturated heterocycles. The van der Waals surface area contributed by atoms with Gasteiger partial charge in [0.2, 0.25) is 5.95 Å². The normalized spacial score (nSPS) is 10.6. The van der Waals surface area contributed by atoms with Gasteiger partial charge in [0.1, 0.15) is 11.3 Å². The second-order valence-corrected chi connectivity index (χ2v) is 5.43. The topological polar surface area (TPSA) is 44.1 Å². The molecule has 0 N–H and O–H groups in total. The van der Waals surface area contributed by atoms with Crippen molar-refractivity contribution in [2.75, 3.05) is 6.61 Å². The fourth-order valence-corrected chi connectivity index (χ4v) is 2.46. The molecule has 0 radical (unpaired) electrons. The number of ether oxygens (including phenoxy) is 1. The largest absolute Gasteiger partial charge is 0.462 e. The van der Waals surface area contributed by atoms with Crippen LogP contribution in [0.5, 0.6) is 0 Å². The van der Waals surface area contributed by atoms with E-state index in [1.807, 2.05) is 6.07 Å².